The van der Waals surface area contributed by atoms with Crippen LogP contribution in [0.2, 0.25) is 0 Å². The lowest BCUT2D eigenvalue weighted by atomic mass is 9.81. The molecule has 0 saturated carbocycles. The molecule has 28 heavy (non-hydrogen) atoms. The number of carbonyl (C=O) groups excluding carboxylic acids is 2. The normalized spacial score (nSPS) is 19.1. The fourth-order valence-electron chi connectivity index (χ4n) is 3.66. The van der Waals surface area contributed by atoms with Gasteiger partial charge in [-0.05, 0) is 37.3 Å². The standard InChI is InChI=1S/C23H29N3O2/c1-23(21(27)25-17-20-11-6-3-7-12-20)14-8-16-26(18-23)22(28)24-15-13-19-9-4-2-5-10-19/h2-7,9-12H,8,13-18H2,1H3,(H,24,28)(H,25,27)/t23-/m0/s1. The lowest BCUT2D eigenvalue weighted by molar-refractivity contribution is -0.132. The van der Waals surface area contributed by atoms with Gasteiger partial charge in [0.25, 0.3) is 0 Å². The molecule has 0 aliphatic carbocycles. The molecule has 3 rings (SSSR count). The molecule has 0 unspecified atom stereocenters. The third-order valence-electron chi connectivity index (χ3n) is 5.36. The van der Waals surface area contributed by atoms with Crippen molar-refractivity contribution in [2.75, 3.05) is 19.6 Å². The molecule has 1 atom stereocenters. The number of benzene rings is 2. The van der Waals surface area contributed by atoms with Crippen molar-refractivity contribution in [1.82, 2.24) is 15.5 Å². The molecule has 2 aromatic carbocycles. The van der Waals surface area contributed by atoms with Crippen LogP contribution in [0.25, 0.3) is 0 Å². The predicted octanol–water partition coefficient (Wildman–Crippen LogP) is 3.36. The molecule has 5 heteroatoms. The molecular formula is C23H29N3O2. The molecule has 2 aromatic rings. The van der Waals surface area contributed by atoms with E-state index in [0.717, 1.165) is 24.8 Å². The van der Waals surface area contributed by atoms with Gasteiger partial charge in [0.1, 0.15) is 0 Å². The van der Waals surface area contributed by atoms with Gasteiger partial charge < -0.3 is 15.5 Å². The highest BCUT2D eigenvalue weighted by atomic mass is 16.2. The second kappa shape index (κ2) is 9.40. The summed E-state index contributed by atoms with van der Waals surface area (Å²) in [7, 11) is 0. The lowest BCUT2D eigenvalue weighted by Gasteiger charge is -2.39. The van der Waals surface area contributed by atoms with Crippen LogP contribution in [-0.2, 0) is 17.8 Å². The van der Waals surface area contributed by atoms with Gasteiger partial charge in [-0.2, -0.15) is 0 Å². The van der Waals surface area contributed by atoms with E-state index >= 15 is 0 Å². The van der Waals surface area contributed by atoms with E-state index in [2.05, 4.69) is 22.8 Å². The van der Waals surface area contributed by atoms with E-state index in [1.54, 1.807) is 4.90 Å². The van der Waals surface area contributed by atoms with Gasteiger partial charge in [-0.1, -0.05) is 60.7 Å². The minimum Gasteiger partial charge on any atom is -0.351 e. The molecule has 148 valence electrons. The number of nitrogens with one attached hydrogen (secondary N) is 2. The third-order valence-corrected chi connectivity index (χ3v) is 5.36. The Morgan fingerprint density at radius 3 is 2.29 bits per heavy atom. The zero-order valence-corrected chi connectivity index (χ0v) is 16.5. The Kier molecular flexibility index (Phi) is 6.69. The van der Waals surface area contributed by atoms with Crippen LogP contribution >= 0.6 is 0 Å². The summed E-state index contributed by atoms with van der Waals surface area (Å²) in [5.74, 6) is 0.0122. The first kappa shape index (κ1) is 19.9. The molecule has 2 N–H and O–H groups in total. The Hall–Kier alpha value is -2.82. The van der Waals surface area contributed by atoms with Crippen molar-refractivity contribution in [3.05, 3.63) is 71.8 Å². The van der Waals surface area contributed by atoms with E-state index < -0.39 is 5.41 Å². The second-order valence-corrected chi connectivity index (χ2v) is 7.72. The van der Waals surface area contributed by atoms with Crippen molar-refractivity contribution < 1.29 is 9.59 Å². The minimum atomic E-state index is -0.552. The van der Waals surface area contributed by atoms with Gasteiger partial charge >= 0.3 is 6.03 Å². The zero-order valence-electron chi connectivity index (χ0n) is 16.5. The Morgan fingerprint density at radius 2 is 1.61 bits per heavy atom. The maximum Gasteiger partial charge on any atom is 0.317 e. The number of nitrogens with zero attached hydrogens (tertiary/aromatic N) is 1. The van der Waals surface area contributed by atoms with Gasteiger partial charge in [0.2, 0.25) is 5.91 Å². The number of rotatable bonds is 6. The molecule has 1 fully saturated rings. The minimum absolute atomic E-state index is 0.0122. The SMILES string of the molecule is C[C@]1(C(=O)NCc2ccccc2)CCCN(C(=O)NCCc2ccccc2)C1. The molecule has 0 bridgehead atoms. The summed E-state index contributed by atoms with van der Waals surface area (Å²) in [6.07, 6.45) is 2.43. The largest absolute Gasteiger partial charge is 0.351 e. The quantitative estimate of drug-likeness (QED) is 0.808. The topological polar surface area (TPSA) is 61.4 Å². The summed E-state index contributed by atoms with van der Waals surface area (Å²) in [4.78, 5) is 27.1. The maximum atomic E-state index is 12.8. The van der Waals surface area contributed by atoms with Crippen LogP contribution in [0.5, 0.6) is 0 Å². The Bertz CT molecular complexity index is 779. The Balaban J connectivity index is 1.48. The van der Waals surface area contributed by atoms with E-state index in [1.165, 1.54) is 5.56 Å². The van der Waals surface area contributed by atoms with Gasteiger partial charge in [-0.25, -0.2) is 4.79 Å². The molecule has 1 saturated heterocycles. The Morgan fingerprint density at radius 1 is 0.964 bits per heavy atom. The summed E-state index contributed by atoms with van der Waals surface area (Å²) in [6.45, 7) is 4.20. The van der Waals surface area contributed by atoms with E-state index in [4.69, 9.17) is 0 Å². The number of likely N-dealkylation sites (tertiary alicyclic amines) is 1. The number of hydrogen-bond acceptors (Lipinski definition) is 2. The predicted molar refractivity (Wildman–Crippen MR) is 111 cm³/mol. The summed E-state index contributed by atoms with van der Waals surface area (Å²) in [6, 6.07) is 19.9. The highest BCUT2D eigenvalue weighted by Crippen LogP contribution is 2.29. The van der Waals surface area contributed by atoms with Crippen LogP contribution in [0.15, 0.2) is 60.7 Å². The number of piperidine rings is 1. The highest BCUT2D eigenvalue weighted by Gasteiger charge is 2.39. The first-order chi connectivity index (χ1) is 13.6. The van der Waals surface area contributed by atoms with Gasteiger partial charge in [0, 0.05) is 26.2 Å². The van der Waals surface area contributed by atoms with Gasteiger partial charge in [0.05, 0.1) is 5.41 Å². The molecule has 0 aromatic heterocycles. The molecular weight excluding hydrogens is 350 g/mol. The van der Waals surface area contributed by atoms with Crippen molar-refractivity contribution in [3.8, 4) is 0 Å². The zero-order chi connectivity index (χ0) is 19.8. The van der Waals surface area contributed by atoms with Crippen LogP contribution in [-0.4, -0.2) is 36.5 Å². The van der Waals surface area contributed by atoms with Gasteiger partial charge in [0.15, 0.2) is 0 Å². The summed E-state index contributed by atoms with van der Waals surface area (Å²) in [5, 5.41) is 6.03. The first-order valence-corrected chi connectivity index (χ1v) is 9.96. The smallest absolute Gasteiger partial charge is 0.317 e. The molecule has 1 aliphatic rings. The second-order valence-electron chi connectivity index (χ2n) is 7.72. The van der Waals surface area contributed by atoms with Crippen molar-refractivity contribution in [2.24, 2.45) is 5.41 Å². The van der Waals surface area contributed by atoms with Gasteiger partial charge in [-0.3, -0.25) is 4.79 Å². The Labute approximate surface area is 167 Å². The average Bonchev–Trinajstić information content (AvgIpc) is 2.73. The van der Waals surface area contributed by atoms with E-state index in [1.807, 2.05) is 55.5 Å². The molecule has 0 radical (unpaired) electrons. The molecule has 1 heterocycles. The fraction of sp³-hybridized carbons (Fsp3) is 0.391. The van der Waals surface area contributed by atoms with Crippen LogP contribution in [0.4, 0.5) is 4.79 Å². The van der Waals surface area contributed by atoms with E-state index in [-0.39, 0.29) is 11.9 Å². The number of amides is 3. The monoisotopic (exact) mass is 379 g/mol. The van der Waals surface area contributed by atoms with E-state index in [9.17, 15) is 9.59 Å². The van der Waals surface area contributed by atoms with Crippen LogP contribution in [0.3, 0.4) is 0 Å². The van der Waals surface area contributed by atoms with Crippen molar-refractivity contribution >= 4 is 11.9 Å². The first-order valence-electron chi connectivity index (χ1n) is 9.96. The van der Waals surface area contributed by atoms with Crippen LogP contribution < -0.4 is 10.6 Å². The molecule has 3 amide bonds. The molecule has 1 aliphatic heterocycles. The highest BCUT2D eigenvalue weighted by molar-refractivity contribution is 5.84. The summed E-state index contributed by atoms with van der Waals surface area (Å²) < 4.78 is 0. The van der Waals surface area contributed by atoms with Gasteiger partial charge in [-0.15, -0.1) is 0 Å². The summed E-state index contributed by atoms with van der Waals surface area (Å²) >= 11 is 0. The van der Waals surface area contributed by atoms with Crippen LogP contribution in [0.1, 0.15) is 30.9 Å². The third kappa shape index (κ3) is 5.35. The van der Waals surface area contributed by atoms with Crippen molar-refractivity contribution in [3.63, 3.8) is 0 Å². The lowest BCUT2D eigenvalue weighted by Crippen LogP contribution is -2.54. The summed E-state index contributed by atoms with van der Waals surface area (Å²) in [5.41, 5.74) is 1.72. The van der Waals surface area contributed by atoms with Crippen LogP contribution in [0, 0.1) is 5.41 Å². The average molecular weight is 380 g/mol. The molecule has 0 spiro atoms. The van der Waals surface area contributed by atoms with Crippen molar-refractivity contribution in [2.45, 2.75) is 32.7 Å². The fourth-order valence-corrected chi connectivity index (χ4v) is 3.66. The maximum absolute atomic E-state index is 12.8. The molecule has 5 nitrogen and oxygen atoms in total. The van der Waals surface area contributed by atoms with E-state index in [0.29, 0.717) is 26.2 Å². The van der Waals surface area contributed by atoms with Crippen molar-refractivity contribution in [1.29, 1.82) is 0 Å². The number of hydrogen-bond donors (Lipinski definition) is 2. The number of carbonyl (C=O) groups is 2. The number of urea groups is 1.